The number of hydrogen-bond acceptors (Lipinski definition) is 2. The van der Waals surface area contributed by atoms with Gasteiger partial charge in [-0.2, -0.15) is 0 Å². The number of aromatic nitrogens is 1. The van der Waals surface area contributed by atoms with Crippen molar-refractivity contribution >= 4 is 23.2 Å². The van der Waals surface area contributed by atoms with Crippen LogP contribution >= 0.6 is 11.6 Å². The summed E-state index contributed by atoms with van der Waals surface area (Å²) < 4.78 is 0. The van der Waals surface area contributed by atoms with Crippen LogP contribution in [0.2, 0.25) is 5.15 Å². The standard InChI is InChI=1S/C12H15ClN2O/c1-7-4-8(6-14-10(7)13)15-11(16)9-5-12(9,2)3/h4,6,9H,5H2,1-3H3,(H,15,16). The third-order valence-electron chi connectivity index (χ3n) is 3.11. The molecule has 1 fully saturated rings. The van der Waals surface area contributed by atoms with E-state index in [2.05, 4.69) is 24.1 Å². The third-order valence-corrected chi connectivity index (χ3v) is 3.51. The van der Waals surface area contributed by atoms with Crippen LogP contribution in [0.1, 0.15) is 25.8 Å². The number of carbonyl (C=O) groups excluding carboxylic acids is 1. The highest BCUT2D eigenvalue weighted by atomic mass is 35.5. The van der Waals surface area contributed by atoms with Gasteiger partial charge in [0.2, 0.25) is 5.91 Å². The molecule has 1 amide bonds. The van der Waals surface area contributed by atoms with Crippen molar-refractivity contribution in [3.8, 4) is 0 Å². The first kappa shape index (κ1) is 11.4. The van der Waals surface area contributed by atoms with Crippen LogP contribution in [-0.4, -0.2) is 10.9 Å². The maximum Gasteiger partial charge on any atom is 0.228 e. The van der Waals surface area contributed by atoms with Gasteiger partial charge in [0.25, 0.3) is 0 Å². The molecule has 3 nitrogen and oxygen atoms in total. The van der Waals surface area contributed by atoms with Gasteiger partial charge < -0.3 is 5.32 Å². The Hall–Kier alpha value is -1.09. The van der Waals surface area contributed by atoms with Gasteiger partial charge in [0.1, 0.15) is 5.15 Å². The number of amides is 1. The van der Waals surface area contributed by atoms with Crippen LogP contribution in [0.4, 0.5) is 5.69 Å². The average Bonchev–Trinajstić information content (AvgIpc) is 2.82. The summed E-state index contributed by atoms with van der Waals surface area (Å²) in [5, 5.41) is 3.34. The molecule has 1 atom stereocenters. The maximum atomic E-state index is 11.8. The van der Waals surface area contributed by atoms with Crippen LogP contribution in [0.25, 0.3) is 0 Å². The van der Waals surface area contributed by atoms with Crippen molar-refractivity contribution in [1.82, 2.24) is 4.98 Å². The zero-order valence-corrected chi connectivity index (χ0v) is 10.4. The van der Waals surface area contributed by atoms with E-state index < -0.39 is 0 Å². The Kier molecular flexibility index (Phi) is 2.66. The Morgan fingerprint density at radius 2 is 2.25 bits per heavy atom. The van der Waals surface area contributed by atoms with E-state index in [4.69, 9.17) is 11.6 Å². The number of rotatable bonds is 2. The summed E-state index contributed by atoms with van der Waals surface area (Å²) in [5.74, 6) is 0.206. The second-order valence-corrected chi connectivity index (χ2v) is 5.42. The highest BCUT2D eigenvalue weighted by Crippen LogP contribution is 2.51. The molecule has 0 saturated heterocycles. The quantitative estimate of drug-likeness (QED) is 0.805. The van der Waals surface area contributed by atoms with Gasteiger partial charge in [-0.15, -0.1) is 0 Å². The lowest BCUT2D eigenvalue weighted by Crippen LogP contribution is -2.16. The van der Waals surface area contributed by atoms with Gasteiger partial charge in [0.15, 0.2) is 0 Å². The summed E-state index contributed by atoms with van der Waals surface area (Å²) in [7, 11) is 0. The summed E-state index contributed by atoms with van der Waals surface area (Å²) in [6, 6.07) is 1.84. The molecule has 0 aromatic carbocycles. The minimum atomic E-state index is 0.0773. The normalized spacial score (nSPS) is 21.6. The van der Waals surface area contributed by atoms with Crippen LogP contribution in [-0.2, 0) is 4.79 Å². The average molecular weight is 239 g/mol. The van der Waals surface area contributed by atoms with Crippen molar-refractivity contribution in [3.63, 3.8) is 0 Å². The first-order chi connectivity index (χ1) is 7.40. The molecule has 86 valence electrons. The maximum absolute atomic E-state index is 11.8. The summed E-state index contributed by atoms with van der Waals surface area (Å²) >= 11 is 5.81. The minimum Gasteiger partial charge on any atom is -0.324 e. The molecule has 4 heteroatoms. The highest BCUT2D eigenvalue weighted by molar-refractivity contribution is 6.30. The lowest BCUT2D eigenvalue weighted by atomic mass is 10.1. The van der Waals surface area contributed by atoms with Crippen LogP contribution in [0.5, 0.6) is 0 Å². The fourth-order valence-corrected chi connectivity index (χ4v) is 1.87. The van der Waals surface area contributed by atoms with Crippen LogP contribution in [0.15, 0.2) is 12.3 Å². The Bertz CT molecular complexity index is 443. The van der Waals surface area contributed by atoms with Gasteiger partial charge in [-0.05, 0) is 30.4 Å². The molecular weight excluding hydrogens is 224 g/mol. The first-order valence-corrected chi connectivity index (χ1v) is 5.71. The summed E-state index contributed by atoms with van der Waals surface area (Å²) in [6.07, 6.45) is 2.54. The molecule has 2 rings (SSSR count). The molecule has 0 bridgehead atoms. The molecule has 1 aromatic rings. The van der Waals surface area contributed by atoms with Gasteiger partial charge in [0.05, 0.1) is 11.9 Å². The molecule has 1 aliphatic rings. The number of nitrogens with one attached hydrogen (secondary N) is 1. The SMILES string of the molecule is Cc1cc(NC(=O)C2CC2(C)C)cnc1Cl. The predicted molar refractivity (Wildman–Crippen MR) is 64.5 cm³/mol. The number of nitrogens with zero attached hydrogens (tertiary/aromatic N) is 1. The lowest BCUT2D eigenvalue weighted by Gasteiger charge is -2.07. The van der Waals surface area contributed by atoms with Crippen molar-refractivity contribution in [1.29, 1.82) is 0 Å². The molecule has 1 saturated carbocycles. The van der Waals surface area contributed by atoms with Crippen molar-refractivity contribution < 1.29 is 4.79 Å². The third kappa shape index (κ3) is 2.19. The predicted octanol–water partition coefficient (Wildman–Crippen LogP) is 3.03. The van der Waals surface area contributed by atoms with E-state index in [1.807, 2.05) is 13.0 Å². The number of carbonyl (C=O) groups is 1. The number of aryl methyl sites for hydroxylation is 1. The summed E-state index contributed by atoms with van der Waals surface area (Å²) in [6.45, 7) is 6.07. The molecular formula is C12H15ClN2O. The second-order valence-electron chi connectivity index (χ2n) is 5.07. The monoisotopic (exact) mass is 238 g/mol. The first-order valence-electron chi connectivity index (χ1n) is 5.33. The number of hydrogen-bond donors (Lipinski definition) is 1. The van der Waals surface area contributed by atoms with E-state index in [1.54, 1.807) is 6.20 Å². The summed E-state index contributed by atoms with van der Waals surface area (Å²) in [5.41, 5.74) is 1.74. The molecule has 0 aliphatic heterocycles. The molecule has 16 heavy (non-hydrogen) atoms. The molecule has 1 aromatic heterocycles. The smallest absolute Gasteiger partial charge is 0.228 e. The number of anilines is 1. The Morgan fingerprint density at radius 1 is 1.62 bits per heavy atom. The largest absolute Gasteiger partial charge is 0.324 e. The van der Waals surface area contributed by atoms with Crippen molar-refractivity contribution in [2.24, 2.45) is 11.3 Å². The van der Waals surface area contributed by atoms with Gasteiger partial charge in [-0.25, -0.2) is 4.98 Å². The zero-order chi connectivity index (χ0) is 11.9. The molecule has 0 spiro atoms. The Labute approximate surface area is 100 Å². The van der Waals surface area contributed by atoms with Gasteiger partial charge in [0, 0.05) is 5.92 Å². The lowest BCUT2D eigenvalue weighted by molar-refractivity contribution is -0.118. The van der Waals surface area contributed by atoms with E-state index in [9.17, 15) is 4.79 Å². The van der Waals surface area contributed by atoms with Crippen molar-refractivity contribution in [2.45, 2.75) is 27.2 Å². The minimum absolute atomic E-state index is 0.0773. The molecule has 1 unspecified atom stereocenters. The number of halogens is 1. The van der Waals surface area contributed by atoms with Crippen LogP contribution in [0.3, 0.4) is 0 Å². The molecule has 1 aliphatic carbocycles. The fourth-order valence-electron chi connectivity index (χ4n) is 1.77. The van der Waals surface area contributed by atoms with E-state index in [1.165, 1.54) is 0 Å². The zero-order valence-electron chi connectivity index (χ0n) is 9.67. The Balaban J connectivity index is 2.05. The number of pyridine rings is 1. The van der Waals surface area contributed by atoms with Gasteiger partial charge in [-0.1, -0.05) is 25.4 Å². The van der Waals surface area contributed by atoms with Crippen LogP contribution < -0.4 is 5.32 Å². The van der Waals surface area contributed by atoms with Gasteiger partial charge in [-0.3, -0.25) is 4.79 Å². The Morgan fingerprint density at radius 3 is 2.75 bits per heavy atom. The fraction of sp³-hybridized carbons (Fsp3) is 0.500. The summed E-state index contributed by atoms with van der Waals surface area (Å²) in [4.78, 5) is 15.8. The molecule has 1 heterocycles. The molecule has 1 N–H and O–H groups in total. The van der Waals surface area contributed by atoms with Crippen molar-refractivity contribution in [3.05, 3.63) is 23.0 Å². The highest BCUT2D eigenvalue weighted by Gasteiger charge is 2.50. The van der Waals surface area contributed by atoms with Crippen LogP contribution in [0, 0.1) is 18.3 Å². The van der Waals surface area contributed by atoms with E-state index in [0.29, 0.717) is 5.15 Å². The van der Waals surface area contributed by atoms with Gasteiger partial charge >= 0.3 is 0 Å². The van der Waals surface area contributed by atoms with Crippen molar-refractivity contribution in [2.75, 3.05) is 5.32 Å². The van der Waals surface area contributed by atoms with E-state index >= 15 is 0 Å². The van der Waals surface area contributed by atoms with E-state index in [0.717, 1.165) is 17.7 Å². The topological polar surface area (TPSA) is 42.0 Å². The van der Waals surface area contributed by atoms with E-state index in [-0.39, 0.29) is 17.2 Å². The second kappa shape index (κ2) is 3.74. The molecule has 0 radical (unpaired) electrons.